The second-order valence-corrected chi connectivity index (χ2v) is 9.03. The van der Waals surface area contributed by atoms with Gasteiger partial charge in [-0.2, -0.15) is 0 Å². The van der Waals surface area contributed by atoms with E-state index in [1.54, 1.807) is 24.3 Å². The minimum absolute atomic E-state index is 0.00971. The number of rotatable bonds is 5. The molecule has 4 rings (SSSR count). The molecule has 1 saturated heterocycles. The Bertz CT molecular complexity index is 726. The van der Waals surface area contributed by atoms with Crippen molar-refractivity contribution < 1.29 is 24.2 Å². The molecule has 1 atom stereocenters. The fraction of sp³-hybridized carbons (Fsp3) is 0.640. The van der Waals surface area contributed by atoms with Gasteiger partial charge in [0.2, 0.25) is 5.91 Å². The van der Waals surface area contributed by atoms with Crippen LogP contribution < -0.4 is 5.32 Å². The quantitative estimate of drug-likeness (QED) is 0.687. The first-order chi connectivity index (χ1) is 15.5. The number of carboxylic acids is 1. The van der Waals surface area contributed by atoms with Crippen LogP contribution in [0, 0.1) is 0 Å². The number of amides is 2. The predicted octanol–water partition coefficient (Wildman–Crippen LogP) is 4.64. The molecule has 32 heavy (non-hydrogen) atoms. The van der Waals surface area contributed by atoms with E-state index in [-0.39, 0.29) is 19.4 Å². The zero-order valence-electron chi connectivity index (χ0n) is 18.8. The molecule has 1 unspecified atom stereocenters. The maximum absolute atomic E-state index is 11.8. The van der Waals surface area contributed by atoms with E-state index in [0.29, 0.717) is 4.90 Å². The molecule has 3 fully saturated rings. The molecule has 2 amide bonds. The summed E-state index contributed by atoms with van der Waals surface area (Å²) in [7, 11) is 0. The van der Waals surface area contributed by atoms with Crippen LogP contribution in [0.15, 0.2) is 30.3 Å². The molecule has 0 radical (unpaired) electrons. The molecule has 176 valence electrons. The van der Waals surface area contributed by atoms with E-state index in [2.05, 4.69) is 5.32 Å². The third-order valence-electron chi connectivity index (χ3n) is 6.58. The fourth-order valence-electron chi connectivity index (χ4n) is 4.81. The van der Waals surface area contributed by atoms with Gasteiger partial charge in [-0.1, -0.05) is 68.9 Å². The summed E-state index contributed by atoms with van der Waals surface area (Å²) in [6.45, 7) is 0.00971. The monoisotopic (exact) mass is 444 g/mol. The Morgan fingerprint density at radius 2 is 1.47 bits per heavy atom. The average Bonchev–Trinajstić information content (AvgIpc) is 3.22. The fourth-order valence-corrected chi connectivity index (χ4v) is 4.81. The van der Waals surface area contributed by atoms with Crippen LogP contribution in [-0.4, -0.2) is 46.1 Å². The number of benzene rings is 1. The summed E-state index contributed by atoms with van der Waals surface area (Å²) in [6, 6.07) is 9.59. The molecule has 1 aromatic carbocycles. The minimum atomic E-state index is -1.19. The third-order valence-corrected chi connectivity index (χ3v) is 6.58. The maximum Gasteiger partial charge on any atom is 0.417 e. The Morgan fingerprint density at radius 1 is 0.906 bits per heavy atom. The second kappa shape index (κ2) is 12.6. The lowest BCUT2D eigenvalue weighted by Crippen LogP contribution is -2.43. The van der Waals surface area contributed by atoms with Gasteiger partial charge in [-0.05, 0) is 37.7 Å². The molecule has 1 aromatic rings. The van der Waals surface area contributed by atoms with Crippen molar-refractivity contribution in [2.75, 3.05) is 0 Å². The molecule has 2 saturated carbocycles. The van der Waals surface area contributed by atoms with Crippen LogP contribution >= 0.6 is 0 Å². The normalized spacial score (nSPS) is 22.2. The molecule has 0 aromatic heterocycles. The van der Waals surface area contributed by atoms with Crippen molar-refractivity contribution >= 4 is 18.0 Å². The second-order valence-electron chi connectivity index (χ2n) is 9.03. The largest absolute Gasteiger partial charge is 0.480 e. The van der Waals surface area contributed by atoms with Gasteiger partial charge < -0.3 is 15.2 Å². The van der Waals surface area contributed by atoms with Gasteiger partial charge in [-0.15, -0.1) is 0 Å². The molecule has 0 spiro atoms. The molecule has 1 heterocycles. The van der Waals surface area contributed by atoms with Crippen molar-refractivity contribution in [2.24, 2.45) is 0 Å². The van der Waals surface area contributed by atoms with Crippen LogP contribution in [0.2, 0.25) is 0 Å². The number of aliphatic carboxylic acids is 1. The van der Waals surface area contributed by atoms with Crippen LogP contribution in [0.4, 0.5) is 4.79 Å². The molecular weight excluding hydrogens is 408 g/mol. The zero-order valence-corrected chi connectivity index (χ0v) is 18.8. The maximum atomic E-state index is 11.8. The van der Waals surface area contributed by atoms with Crippen molar-refractivity contribution in [1.29, 1.82) is 0 Å². The molecule has 7 heteroatoms. The Labute approximate surface area is 190 Å². The number of hydrogen-bond acceptors (Lipinski definition) is 5. The topological polar surface area (TPSA) is 95.9 Å². The van der Waals surface area contributed by atoms with Crippen LogP contribution in [0.5, 0.6) is 0 Å². The highest BCUT2D eigenvalue weighted by Gasteiger charge is 2.41. The van der Waals surface area contributed by atoms with Crippen LogP contribution in [0.25, 0.3) is 0 Å². The molecule has 3 aliphatic rings. The van der Waals surface area contributed by atoms with Crippen molar-refractivity contribution in [3.8, 4) is 0 Å². The Hall–Kier alpha value is -2.41. The number of carboxylic acid groups (broad SMARTS) is 1. The number of nitrogens with one attached hydrogen (secondary N) is 1. The predicted molar refractivity (Wildman–Crippen MR) is 121 cm³/mol. The van der Waals surface area contributed by atoms with Gasteiger partial charge in [0.15, 0.2) is 0 Å². The van der Waals surface area contributed by atoms with E-state index < -0.39 is 24.0 Å². The van der Waals surface area contributed by atoms with Gasteiger partial charge in [0, 0.05) is 18.5 Å². The number of carbonyl (C=O) groups is 3. The molecule has 0 bridgehead atoms. The first-order valence-electron chi connectivity index (χ1n) is 12.1. The summed E-state index contributed by atoms with van der Waals surface area (Å²) < 4.78 is 4.97. The number of carbonyl (C=O) groups excluding carboxylic acids is 2. The SMILES string of the molecule is C1CCC(NC2CCCCC2)CC1.O=C(O)C1CCC(=O)N1C(=O)OCc1ccccc1. The van der Waals surface area contributed by atoms with Gasteiger partial charge in [-0.3, -0.25) is 4.79 Å². The highest BCUT2D eigenvalue weighted by molar-refractivity contribution is 5.99. The Balaban J connectivity index is 0.000000193. The van der Waals surface area contributed by atoms with Gasteiger partial charge >= 0.3 is 12.1 Å². The Morgan fingerprint density at radius 3 is 2.00 bits per heavy atom. The molecule has 7 nitrogen and oxygen atoms in total. The number of ether oxygens (including phenoxy) is 1. The van der Waals surface area contributed by atoms with E-state index >= 15 is 0 Å². The number of nitrogens with zero attached hydrogens (tertiary/aromatic N) is 1. The summed E-state index contributed by atoms with van der Waals surface area (Å²) in [4.78, 5) is 34.9. The summed E-state index contributed by atoms with van der Waals surface area (Å²) in [5, 5.41) is 12.8. The number of likely N-dealkylation sites (tertiary alicyclic amines) is 1. The van der Waals surface area contributed by atoms with Crippen LogP contribution in [0.1, 0.15) is 82.6 Å². The van der Waals surface area contributed by atoms with Gasteiger partial charge in [0.25, 0.3) is 0 Å². The van der Waals surface area contributed by atoms with Crippen LogP contribution in [0.3, 0.4) is 0 Å². The van der Waals surface area contributed by atoms with Crippen LogP contribution in [-0.2, 0) is 20.9 Å². The highest BCUT2D eigenvalue weighted by atomic mass is 16.6. The zero-order chi connectivity index (χ0) is 22.8. The first-order valence-corrected chi connectivity index (χ1v) is 12.1. The van der Waals surface area contributed by atoms with Crippen molar-refractivity contribution in [3.63, 3.8) is 0 Å². The van der Waals surface area contributed by atoms with Gasteiger partial charge in [-0.25, -0.2) is 14.5 Å². The standard InChI is InChI=1S/C13H13NO5.C12H23N/c15-11-7-6-10(12(16)17)14(11)13(18)19-8-9-4-2-1-3-5-9;1-3-7-11(8-4-1)13-12-9-5-2-6-10-12/h1-5,10H,6-8H2,(H,16,17);11-13H,1-10H2. The van der Waals surface area contributed by atoms with Gasteiger partial charge in [0.1, 0.15) is 12.6 Å². The molecule has 2 N–H and O–H groups in total. The number of imide groups is 1. The summed E-state index contributed by atoms with van der Waals surface area (Å²) in [5.74, 6) is -1.70. The van der Waals surface area contributed by atoms with Crippen molar-refractivity contribution in [1.82, 2.24) is 10.2 Å². The van der Waals surface area contributed by atoms with Gasteiger partial charge in [0.05, 0.1) is 0 Å². The highest BCUT2D eigenvalue weighted by Crippen LogP contribution is 2.23. The minimum Gasteiger partial charge on any atom is -0.480 e. The van der Waals surface area contributed by atoms with Crippen molar-refractivity contribution in [2.45, 2.75) is 102 Å². The molecular formula is C25H36N2O5. The van der Waals surface area contributed by atoms with E-state index in [0.717, 1.165) is 17.6 Å². The Kier molecular flexibility index (Phi) is 9.53. The molecule has 2 aliphatic carbocycles. The lowest BCUT2D eigenvalue weighted by atomic mass is 9.91. The number of hydrogen-bond donors (Lipinski definition) is 2. The smallest absolute Gasteiger partial charge is 0.417 e. The summed E-state index contributed by atoms with van der Waals surface area (Å²) in [6.07, 6.45) is 13.8. The van der Waals surface area contributed by atoms with E-state index in [1.807, 2.05) is 6.07 Å². The van der Waals surface area contributed by atoms with E-state index in [1.165, 1.54) is 64.2 Å². The van der Waals surface area contributed by atoms with E-state index in [9.17, 15) is 14.4 Å². The van der Waals surface area contributed by atoms with Crippen molar-refractivity contribution in [3.05, 3.63) is 35.9 Å². The molecule has 1 aliphatic heterocycles. The summed E-state index contributed by atoms with van der Waals surface area (Å²) >= 11 is 0. The first kappa shape index (κ1) is 24.2. The third kappa shape index (κ3) is 7.33. The lowest BCUT2D eigenvalue weighted by molar-refractivity contribution is -0.145. The lowest BCUT2D eigenvalue weighted by Gasteiger charge is -2.30. The van der Waals surface area contributed by atoms with E-state index in [4.69, 9.17) is 9.84 Å². The summed E-state index contributed by atoms with van der Waals surface area (Å²) in [5.41, 5.74) is 0.773. The average molecular weight is 445 g/mol.